The monoisotopic (exact) mass is 912 g/mol. The maximum atomic E-state index is 4.31. The number of benzene rings is 2. The average Bonchev–Trinajstić information content (AvgIpc) is 3.24. The first-order valence-corrected chi connectivity index (χ1v) is 21.3. The topological polar surface area (TPSA) is 9.86 Å². The van der Waals surface area contributed by atoms with Gasteiger partial charge in [0, 0.05) is 0 Å². The van der Waals surface area contributed by atoms with Crippen molar-refractivity contribution in [2.75, 3.05) is 0 Å². The summed E-state index contributed by atoms with van der Waals surface area (Å²) in [6, 6.07) is 9.67. The number of aromatic nitrogens is 2. The molecule has 3 saturated carbocycles. The second-order valence-corrected chi connectivity index (χ2v) is 20.5. The van der Waals surface area contributed by atoms with E-state index in [0.717, 1.165) is 17.0 Å². The molecule has 3 aromatic rings. The Balaban J connectivity index is 0.00000200. The fourth-order valence-corrected chi connectivity index (χ4v) is 19.0. The van der Waals surface area contributed by atoms with Crippen LogP contribution in [0, 0.1) is 46.7 Å². The van der Waals surface area contributed by atoms with Crippen LogP contribution in [0.3, 0.4) is 0 Å². The number of nitrogens with zero attached hydrogens (tertiary/aromatic N) is 2. The molecule has 0 bridgehead atoms. The van der Waals surface area contributed by atoms with Gasteiger partial charge in [0.15, 0.2) is 0 Å². The van der Waals surface area contributed by atoms with Gasteiger partial charge in [0.2, 0.25) is 0 Å². The van der Waals surface area contributed by atoms with Gasteiger partial charge < -0.3 is 24.8 Å². The molecule has 1 aromatic heterocycles. The van der Waals surface area contributed by atoms with Crippen LogP contribution in [-0.2, 0) is 19.5 Å². The van der Waals surface area contributed by atoms with Crippen molar-refractivity contribution in [1.82, 2.24) is 9.13 Å². The van der Waals surface area contributed by atoms with Crippen molar-refractivity contribution in [2.45, 2.75) is 155 Å². The molecule has 3 fully saturated rings. The van der Waals surface area contributed by atoms with Crippen molar-refractivity contribution in [3.8, 4) is 11.4 Å². The molecule has 3 aliphatic carbocycles. The first-order chi connectivity index (χ1) is 21.2. The molecule has 262 valence electrons. The first-order valence-electron chi connectivity index (χ1n) is 17.7. The summed E-state index contributed by atoms with van der Waals surface area (Å²) >= 11 is 8.63. The van der Waals surface area contributed by atoms with E-state index in [9.17, 15) is 0 Å². The minimum atomic E-state index is -1.72. The predicted octanol–water partition coefficient (Wildman–Crippen LogP) is 7.20. The standard InChI is InChI=1S/C39H55Br2N2P.2ClH.Ru/c1-26-22-28(3)35(29(4)23-26)42-37(40)38(41)43(36-30(5)24-27(2)25-31(36)6)39(42)44(32-16-10-7-11-17-32,33-18-12-8-13-19-33)34-20-14-9-15-21-34;;;/h22-25,32-34H,7-21H2,1-6H3;2*1H;/q;;;+2/p-2. The zero-order valence-electron chi connectivity index (χ0n) is 29.4. The summed E-state index contributed by atoms with van der Waals surface area (Å²) < 4.78 is 7.99. The number of halogens is 4. The number of hydrogen-bond donors (Lipinski definition) is 0. The summed E-state index contributed by atoms with van der Waals surface area (Å²) in [4.78, 5) is 0. The van der Waals surface area contributed by atoms with E-state index < -0.39 is 6.89 Å². The molecule has 0 atom stereocenters. The summed E-state index contributed by atoms with van der Waals surface area (Å²) in [7, 11) is 0. The average molecular weight is 915 g/mol. The summed E-state index contributed by atoms with van der Waals surface area (Å²) in [6.07, 6.45) is 21.3. The molecule has 47 heavy (non-hydrogen) atoms. The van der Waals surface area contributed by atoms with E-state index in [4.69, 9.17) is 0 Å². The van der Waals surface area contributed by atoms with Crippen LogP contribution in [0.1, 0.15) is 130 Å². The van der Waals surface area contributed by atoms with Crippen molar-refractivity contribution < 1.29 is 44.3 Å². The molecule has 0 unspecified atom stereocenters. The normalized spacial score (nSPS) is 18.3. The summed E-state index contributed by atoms with van der Waals surface area (Å²) in [5.74, 6) is 0. The van der Waals surface area contributed by atoms with Crippen LogP contribution in [0.25, 0.3) is 11.4 Å². The zero-order chi connectivity index (χ0) is 31.2. The molecule has 8 heteroatoms. The van der Waals surface area contributed by atoms with Crippen LogP contribution < -0.4 is 24.8 Å². The van der Waals surface area contributed by atoms with E-state index in [1.165, 1.54) is 150 Å². The van der Waals surface area contributed by atoms with Crippen molar-refractivity contribution in [2.24, 2.45) is 0 Å². The number of imidazole rings is 1. The summed E-state index contributed by atoms with van der Waals surface area (Å²) in [6.45, 7) is 12.2. The molecular weight excluding hydrogens is 859 g/mol. The minimum Gasteiger partial charge on any atom is -1.00 e. The SMILES string of the molecule is Cc1cc(C)c(-n2c(Br)c(Br)n(-c3c(C)cc(C)cc3C)c2=P(C2CCCCC2)(C2CCCCC2)C2CCCCC2)c(C)c1.[Cl-].[Cl-].[Ru+2]. The third-order valence-electron chi connectivity index (χ3n) is 11.6. The summed E-state index contributed by atoms with van der Waals surface area (Å²) in [5, 5.41) is 1.69. The molecular formula is C39H55Br2Cl2N2PRu. The van der Waals surface area contributed by atoms with E-state index in [0.29, 0.717) is 0 Å². The van der Waals surface area contributed by atoms with Crippen molar-refractivity contribution in [3.63, 3.8) is 0 Å². The minimum absolute atomic E-state index is 0. The molecule has 2 aromatic carbocycles. The van der Waals surface area contributed by atoms with Gasteiger partial charge in [-0.25, -0.2) is 0 Å². The van der Waals surface area contributed by atoms with Gasteiger partial charge in [-0.15, -0.1) is 0 Å². The molecule has 0 N–H and O–H groups in total. The van der Waals surface area contributed by atoms with Crippen molar-refractivity contribution in [1.29, 1.82) is 0 Å². The molecule has 0 saturated heterocycles. The second-order valence-electron chi connectivity index (χ2n) is 14.8. The van der Waals surface area contributed by atoms with E-state index >= 15 is 0 Å². The van der Waals surface area contributed by atoms with Gasteiger partial charge in [-0.05, 0) is 151 Å². The van der Waals surface area contributed by atoms with Crippen molar-refractivity contribution in [3.05, 3.63) is 72.1 Å². The van der Waals surface area contributed by atoms with Crippen LogP contribution in [0.5, 0.6) is 0 Å². The van der Waals surface area contributed by atoms with Gasteiger partial charge in [0.1, 0.15) is 14.4 Å². The fraction of sp³-hybridized carbons (Fsp3) is 0.615. The van der Waals surface area contributed by atoms with Gasteiger partial charge in [0.25, 0.3) is 0 Å². The molecule has 0 spiro atoms. The molecule has 1 heterocycles. The molecule has 0 aliphatic heterocycles. The van der Waals surface area contributed by atoms with Crippen LogP contribution in [0.4, 0.5) is 0 Å². The summed E-state index contributed by atoms with van der Waals surface area (Å²) in [5.41, 5.74) is 13.6. The third kappa shape index (κ3) is 7.73. The largest absolute Gasteiger partial charge is 2.00 e. The number of aryl methyl sites for hydroxylation is 6. The smallest absolute Gasteiger partial charge is 1.00 e. The van der Waals surface area contributed by atoms with Crippen molar-refractivity contribution >= 4 is 38.7 Å². The van der Waals surface area contributed by atoms with Gasteiger partial charge in [-0.3, -0.25) is 9.13 Å². The molecule has 0 amide bonds. The molecule has 6 rings (SSSR count). The van der Waals surface area contributed by atoms with E-state index in [1.54, 1.807) is 5.20 Å². The quantitative estimate of drug-likeness (QED) is 0.190. The Bertz CT molecular complexity index is 1440. The van der Waals surface area contributed by atoms with Crippen LogP contribution in [-0.4, -0.2) is 26.1 Å². The Labute approximate surface area is 327 Å². The van der Waals surface area contributed by atoms with Gasteiger partial charge in [-0.2, -0.15) is 0 Å². The Morgan fingerprint density at radius 3 is 1.00 bits per heavy atom. The maximum absolute atomic E-state index is 4.31. The maximum Gasteiger partial charge on any atom is 2.00 e. The fourth-order valence-electron chi connectivity index (χ4n) is 10.2. The van der Waals surface area contributed by atoms with E-state index in [1.807, 2.05) is 0 Å². The zero-order valence-corrected chi connectivity index (χ0v) is 36.7. The number of hydrogen-bond acceptors (Lipinski definition) is 0. The first kappa shape index (κ1) is 41.7. The Morgan fingerprint density at radius 1 is 0.489 bits per heavy atom. The van der Waals surface area contributed by atoms with Gasteiger partial charge in [-0.1, -0.05) is 100 Å². The molecule has 3 aliphatic rings. The number of rotatable bonds is 5. The van der Waals surface area contributed by atoms with Crippen LogP contribution in [0.2, 0.25) is 0 Å². The Morgan fingerprint density at radius 2 is 0.745 bits per heavy atom. The van der Waals surface area contributed by atoms with E-state index in [2.05, 4.69) is 107 Å². The van der Waals surface area contributed by atoms with E-state index in [-0.39, 0.29) is 44.3 Å². The Hall–Kier alpha value is 0.243. The van der Waals surface area contributed by atoms with Crippen LogP contribution in [0.15, 0.2) is 33.5 Å². The predicted molar refractivity (Wildman–Crippen MR) is 200 cm³/mol. The second kappa shape index (κ2) is 17.6. The third-order valence-corrected chi connectivity index (χ3v) is 19.8. The van der Waals surface area contributed by atoms with Gasteiger partial charge >= 0.3 is 19.5 Å². The molecule has 0 radical (unpaired) electrons. The Kier molecular flexibility index (Phi) is 15.6. The van der Waals surface area contributed by atoms with Gasteiger partial charge in [0.05, 0.1) is 11.4 Å². The molecule has 2 nitrogen and oxygen atoms in total. The van der Waals surface area contributed by atoms with Crippen LogP contribution >= 0.6 is 38.7 Å².